The van der Waals surface area contributed by atoms with Crippen molar-refractivity contribution in [2.45, 2.75) is 37.9 Å². The molecule has 1 aliphatic heterocycles. The highest BCUT2D eigenvalue weighted by Crippen LogP contribution is 2.32. The van der Waals surface area contributed by atoms with Gasteiger partial charge in [0.25, 0.3) is 10.0 Å². The minimum Gasteiger partial charge on any atom is -0.256 e. The lowest BCUT2D eigenvalue weighted by atomic mass is 10.0. The Morgan fingerprint density at radius 1 is 1.11 bits per heavy atom. The second kappa shape index (κ2) is 6.58. The van der Waals surface area contributed by atoms with Crippen molar-refractivity contribution in [3.05, 3.63) is 59.3 Å². The SMILES string of the molecule is Cc1cc(S(=O)(=O)N2CCn3nc(C)nc3[C@@H]2Cc2ccccc2)n(C)n1. The van der Waals surface area contributed by atoms with Crippen molar-refractivity contribution in [3.8, 4) is 0 Å². The van der Waals surface area contributed by atoms with Crippen molar-refractivity contribution in [2.75, 3.05) is 6.54 Å². The number of aryl methyl sites for hydroxylation is 3. The normalized spacial score (nSPS) is 17.8. The van der Waals surface area contributed by atoms with Crippen LogP contribution < -0.4 is 0 Å². The first-order valence-corrected chi connectivity index (χ1v) is 10.3. The summed E-state index contributed by atoms with van der Waals surface area (Å²) >= 11 is 0. The maximum Gasteiger partial charge on any atom is 0.260 e. The molecule has 0 N–H and O–H groups in total. The van der Waals surface area contributed by atoms with Gasteiger partial charge in [-0.05, 0) is 31.9 Å². The minimum atomic E-state index is -3.72. The Morgan fingerprint density at radius 3 is 2.52 bits per heavy atom. The summed E-state index contributed by atoms with van der Waals surface area (Å²) in [7, 11) is -2.07. The molecule has 0 aliphatic carbocycles. The van der Waals surface area contributed by atoms with Crippen LogP contribution in [-0.4, -0.2) is 43.8 Å². The molecule has 8 nitrogen and oxygen atoms in total. The Bertz CT molecular complexity index is 1070. The average molecular weight is 386 g/mol. The molecule has 9 heteroatoms. The summed E-state index contributed by atoms with van der Waals surface area (Å²) in [4.78, 5) is 4.54. The molecular formula is C18H22N6O2S. The van der Waals surface area contributed by atoms with E-state index in [9.17, 15) is 8.42 Å². The van der Waals surface area contributed by atoms with E-state index in [2.05, 4.69) is 15.2 Å². The zero-order valence-corrected chi connectivity index (χ0v) is 16.4. The first-order chi connectivity index (χ1) is 12.9. The number of sulfonamides is 1. The third-order valence-electron chi connectivity index (χ3n) is 4.79. The van der Waals surface area contributed by atoms with Crippen LogP contribution in [0.4, 0.5) is 0 Å². The number of benzene rings is 1. The standard InChI is InChI=1S/C18H22N6O2S/c1-13-11-17(22(3)20-13)27(25,26)24-10-9-23-18(19-14(2)21-23)16(24)12-15-7-5-4-6-8-15/h4-8,11,16H,9-10,12H2,1-3H3/t16-/m0/s1. The van der Waals surface area contributed by atoms with Crippen LogP contribution in [0.3, 0.4) is 0 Å². The third-order valence-corrected chi connectivity index (χ3v) is 6.75. The van der Waals surface area contributed by atoms with E-state index in [4.69, 9.17) is 0 Å². The second-order valence-electron chi connectivity index (χ2n) is 6.81. The Balaban J connectivity index is 1.79. The van der Waals surface area contributed by atoms with Gasteiger partial charge in [-0.25, -0.2) is 18.1 Å². The van der Waals surface area contributed by atoms with Gasteiger partial charge in [-0.15, -0.1) is 0 Å². The molecule has 0 unspecified atom stereocenters. The van der Waals surface area contributed by atoms with Gasteiger partial charge in [-0.1, -0.05) is 30.3 Å². The number of nitrogens with zero attached hydrogens (tertiary/aromatic N) is 6. The topological polar surface area (TPSA) is 85.9 Å². The molecule has 1 aromatic carbocycles. The summed E-state index contributed by atoms with van der Waals surface area (Å²) in [6.45, 7) is 4.45. The Labute approximate surface area is 158 Å². The van der Waals surface area contributed by atoms with E-state index in [1.54, 1.807) is 24.3 Å². The summed E-state index contributed by atoms with van der Waals surface area (Å²) in [5.74, 6) is 1.34. The van der Waals surface area contributed by atoms with Gasteiger partial charge in [0.2, 0.25) is 0 Å². The summed E-state index contributed by atoms with van der Waals surface area (Å²) in [5, 5.41) is 8.82. The number of aromatic nitrogens is 5. The zero-order chi connectivity index (χ0) is 19.2. The van der Waals surface area contributed by atoms with Crippen LogP contribution in [0.1, 0.15) is 28.9 Å². The van der Waals surface area contributed by atoms with E-state index >= 15 is 0 Å². The number of rotatable bonds is 4. The maximum absolute atomic E-state index is 13.4. The van der Waals surface area contributed by atoms with E-state index in [1.165, 1.54) is 4.68 Å². The first kappa shape index (κ1) is 17.9. The van der Waals surface area contributed by atoms with E-state index in [1.807, 2.05) is 41.9 Å². The van der Waals surface area contributed by atoms with Crippen molar-refractivity contribution in [1.29, 1.82) is 0 Å². The fraction of sp³-hybridized carbons (Fsp3) is 0.389. The van der Waals surface area contributed by atoms with Crippen molar-refractivity contribution in [1.82, 2.24) is 28.9 Å². The molecule has 2 aromatic heterocycles. The van der Waals surface area contributed by atoms with Gasteiger partial charge < -0.3 is 0 Å². The fourth-order valence-electron chi connectivity index (χ4n) is 3.63. The Hall–Kier alpha value is -2.52. The molecule has 142 valence electrons. The largest absolute Gasteiger partial charge is 0.260 e. The molecule has 3 aromatic rings. The van der Waals surface area contributed by atoms with Gasteiger partial charge in [0.05, 0.1) is 18.3 Å². The lowest BCUT2D eigenvalue weighted by molar-refractivity contribution is 0.247. The summed E-state index contributed by atoms with van der Waals surface area (Å²) < 4.78 is 31.7. The molecular weight excluding hydrogens is 364 g/mol. The molecule has 3 heterocycles. The lowest BCUT2D eigenvalue weighted by Gasteiger charge is -2.34. The highest BCUT2D eigenvalue weighted by molar-refractivity contribution is 7.89. The number of fused-ring (bicyclic) bond motifs is 1. The van der Waals surface area contributed by atoms with E-state index < -0.39 is 16.1 Å². The highest BCUT2D eigenvalue weighted by atomic mass is 32.2. The van der Waals surface area contributed by atoms with Crippen molar-refractivity contribution < 1.29 is 8.42 Å². The molecule has 0 fully saturated rings. The molecule has 27 heavy (non-hydrogen) atoms. The molecule has 0 spiro atoms. The van der Waals surface area contributed by atoms with Crippen LogP contribution in [0.15, 0.2) is 41.4 Å². The van der Waals surface area contributed by atoms with Crippen LogP contribution in [-0.2, 0) is 30.0 Å². The van der Waals surface area contributed by atoms with E-state index in [0.29, 0.717) is 36.9 Å². The van der Waals surface area contributed by atoms with Gasteiger partial charge in [0.15, 0.2) is 5.03 Å². The van der Waals surface area contributed by atoms with Gasteiger partial charge >= 0.3 is 0 Å². The summed E-state index contributed by atoms with van der Waals surface area (Å²) in [6, 6.07) is 11.1. The molecule has 0 bridgehead atoms. The third kappa shape index (κ3) is 3.17. The van der Waals surface area contributed by atoms with Crippen molar-refractivity contribution in [3.63, 3.8) is 0 Å². The van der Waals surface area contributed by atoms with Crippen LogP contribution >= 0.6 is 0 Å². The smallest absolute Gasteiger partial charge is 0.256 e. The van der Waals surface area contributed by atoms with E-state index in [0.717, 1.165) is 5.56 Å². The van der Waals surface area contributed by atoms with Crippen LogP contribution in [0, 0.1) is 13.8 Å². The van der Waals surface area contributed by atoms with Crippen LogP contribution in [0.25, 0.3) is 0 Å². The van der Waals surface area contributed by atoms with Crippen LogP contribution in [0.2, 0.25) is 0 Å². The monoisotopic (exact) mass is 386 g/mol. The average Bonchev–Trinajstić information content (AvgIpc) is 3.17. The van der Waals surface area contributed by atoms with Gasteiger partial charge in [0.1, 0.15) is 11.6 Å². The predicted octanol–water partition coefficient (Wildman–Crippen LogP) is 1.62. The molecule has 0 radical (unpaired) electrons. The molecule has 0 saturated carbocycles. The molecule has 0 saturated heterocycles. The molecule has 1 atom stereocenters. The van der Waals surface area contributed by atoms with Crippen LogP contribution in [0.5, 0.6) is 0 Å². The highest BCUT2D eigenvalue weighted by Gasteiger charge is 2.39. The minimum absolute atomic E-state index is 0.197. The maximum atomic E-state index is 13.4. The molecule has 4 rings (SSSR count). The number of hydrogen-bond acceptors (Lipinski definition) is 5. The van der Waals surface area contributed by atoms with Gasteiger partial charge in [-0.2, -0.15) is 14.5 Å². The fourth-order valence-corrected chi connectivity index (χ4v) is 5.39. The number of hydrogen-bond donors (Lipinski definition) is 0. The van der Waals surface area contributed by atoms with Crippen molar-refractivity contribution in [2.24, 2.45) is 7.05 Å². The molecule has 1 aliphatic rings. The predicted molar refractivity (Wildman–Crippen MR) is 99.5 cm³/mol. The van der Waals surface area contributed by atoms with E-state index in [-0.39, 0.29) is 5.03 Å². The zero-order valence-electron chi connectivity index (χ0n) is 15.6. The summed E-state index contributed by atoms with van der Waals surface area (Å²) in [6.07, 6.45) is 0.537. The Morgan fingerprint density at radius 2 is 1.85 bits per heavy atom. The lowest BCUT2D eigenvalue weighted by Crippen LogP contribution is -2.44. The molecule has 0 amide bonds. The second-order valence-corrected chi connectivity index (χ2v) is 8.65. The van der Waals surface area contributed by atoms with Gasteiger partial charge in [0, 0.05) is 13.6 Å². The summed E-state index contributed by atoms with van der Waals surface area (Å²) in [5.41, 5.74) is 1.73. The van der Waals surface area contributed by atoms with Gasteiger partial charge in [-0.3, -0.25) is 4.68 Å². The first-order valence-electron chi connectivity index (χ1n) is 8.84. The quantitative estimate of drug-likeness (QED) is 0.680. The Kier molecular flexibility index (Phi) is 4.35. The van der Waals surface area contributed by atoms with Crippen molar-refractivity contribution >= 4 is 10.0 Å².